The van der Waals surface area contributed by atoms with Gasteiger partial charge < -0.3 is 4.42 Å². The van der Waals surface area contributed by atoms with Crippen LogP contribution in [0.2, 0.25) is 0 Å². The highest BCUT2D eigenvalue weighted by atomic mass is 16.3. The SMILES string of the molecule is N#Cc1ccc2oc3ccc(-c4cccc(-c5cccc(-c6cnc7c(ccc8cccnc87)c6)c5)c4)cc3c2c1. The molecule has 8 rings (SSSR count). The zero-order chi connectivity index (χ0) is 27.3. The van der Waals surface area contributed by atoms with E-state index in [0.717, 1.165) is 77.1 Å². The van der Waals surface area contributed by atoms with E-state index in [1.165, 1.54) is 0 Å². The molecule has 0 fully saturated rings. The second-order valence-electron chi connectivity index (χ2n) is 10.2. The lowest BCUT2D eigenvalue weighted by Crippen LogP contribution is -1.87. The molecule has 4 nitrogen and oxygen atoms in total. The van der Waals surface area contributed by atoms with Gasteiger partial charge in [0.1, 0.15) is 11.2 Å². The van der Waals surface area contributed by atoms with E-state index in [1.54, 1.807) is 6.07 Å². The van der Waals surface area contributed by atoms with Gasteiger partial charge in [0.15, 0.2) is 0 Å². The third-order valence-electron chi connectivity index (χ3n) is 7.75. The first kappa shape index (κ1) is 23.1. The van der Waals surface area contributed by atoms with Crippen molar-refractivity contribution in [3.8, 4) is 39.4 Å². The summed E-state index contributed by atoms with van der Waals surface area (Å²) in [6, 6.07) is 41.6. The minimum absolute atomic E-state index is 0.624. The zero-order valence-electron chi connectivity index (χ0n) is 21.9. The summed E-state index contributed by atoms with van der Waals surface area (Å²) in [7, 11) is 0. The van der Waals surface area contributed by atoms with Crippen molar-refractivity contribution in [3.63, 3.8) is 0 Å². The van der Waals surface area contributed by atoms with Gasteiger partial charge in [0, 0.05) is 39.5 Å². The van der Waals surface area contributed by atoms with Gasteiger partial charge in [0.25, 0.3) is 0 Å². The van der Waals surface area contributed by atoms with Gasteiger partial charge in [0.05, 0.1) is 22.7 Å². The van der Waals surface area contributed by atoms with E-state index >= 15 is 0 Å². The van der Waals surface area contributed by atoms with Crippen LogP contribution in [0.3, 0.4) is 0 Å². The fourth-order valence-corrected chi connectivity index (χ4v) is 5.68. The summed E-state index contributed by atoms with van der Waals surface area (Å²) < 4.78 is 6.02. The molecule has 4 heteroatoms. The quantitative estimate of drug-likeness (QED) is 0.216. The van der Waals surface area contributed by atoms with Crippen molar-refractivity contribution in [3.05, 3.63) is 133 Å². The largest absolute Gasteiger partial charge is 0.456 e. The molecule has 5 aromatic carbocycles. The fourth-order valence-electron chi connectivity index (χ4n) is 5.68. The molecule has 0 saturated carbocycles. The van der Waals surface area contributed by atoms with Crippen molar-refractivity contribution in [2.24, 2.45) is 0 Å². The lowest BCUT2D eigenvalue weighted by atomic mass is 9.95. The third kappa shape index (κ3) is 3.92. The molecule has 0 saturated heterocycles. The molecule has 0 aliphatic carbocycles. The monoisotopic (exact) mass is 523 g/mol. The molecule has 0 amide bonds. The van der Waals surface area contributed by atoms with E-state index in [1.807, 2.05) is 36.7 Å². The maximum Gasteiger partial charge on any atom is 0.135 e. The molecular weight excluding hydrogens is 502 g/mol. The molecule has 8 aromatic rings. The minimum atomic E-state index is 0.624. The van der Waals surface area contributed by atoms with Crippen molar-refractivity contribution < 1.29 is 4.42 Å². The normalized spacial score (nSPS) is 11.4. The average Bonchev–Trinajstić information content (AvgIpc) is 3.41. The summed E-state index contributed by atoms with van der Waals surface area (Å²) in [5, 5.41) is 13.5. The van der Waals surface area contributed by atoms with E-state index in [4.69, 9.17) is 9.40 Å². The first-order valence-electron chi connectivity index (χ1n) is 13.4. The van der Waals surface area contributed by atoms with Crippen molar-refractivity contribution in [1.82, 2.24) is 9.97 Å². The molecule has 0 bridgehead atoms. The molecule has 0 spiro atoms. The van der Waals surface area contributed by atoms with Gasteiger partial charge in [-0.1, -0.05) is 60.7 Å². The van der Waals surface area contributed by atoms with Crippen LogP contribution in [-0.2, 0) is 0 Å². The standard InChI is InChI=1S/C37H21N3O/c38-21-23-9-13-34-32(16-23)33-20-29(12-14-35(33)41-34)27-6-1-4-25(17-27)26-5-2-7-28(18-26)31-19-30-11-10-24-8-3-15-39-36(24)37(30)40-22-31/h1-20,22H. The molecule has 0 aliphatic heterocycles. The molecule has 0 aliphatic rings. The lowest BCUT2D eigenvalue weighted by Gasteiger charge is -2.10. The first-order chi connectivity index (χ1) is 20.2. The van der Waals surface area contributed by atoms with Gasteiger partial charge in [-0.15, -0.1) is 0 Å². The number of fused-ring (bicyclic) bond motifs is 6. The van der Waals surface area contributed by atoms with E-state index in [2.05, 4.69) is 96.0 Å². The van der Waals surface area contributed by atoms with Crippen molar-refractivity contribution in [2.45, 2.75) is 0 Å². The van der Waals surface area contributed by atoms with E-state index in [0.29, 0.717) is 5.56 Å². The molecular formula is C37H21N3O. The summed E-state index contributed by atoms with van der Waals surface area (Å²) in [6.07, 6.45) is 3.75. The Labute approximate surface area is 235 Å². The molecule has 0 radical (unpaired) electrons. The van der Waals surface area contributed by atoms with E-state index in [9.17, 15) is 5.26 Å². The Morgan fingerprint density at radius 1 is 0.512 bits per heavy atom. The van der Waals surface area contributed by atoms with Crippen LogP contribution in [0.5, 0.6) is 0 Å². The van der Waals surface area contributed by atoms with Gasteiger partial charge in [-0.25, -0.2) is 0 Å². The number of benzene rings is 5. The van der Waals surface area contributed by atoms with Gasteiger partial charge in [-0.2, -0.15) is 5.26 Å². The number of furan rings is 1. The summed E-state index contributed by atoms with van der Waals surface area (Å²) in [4.78, 5) is 9.36. The predicted octanol–water partition coefficient (Wildman–Crippen LogP) is 9.56. The van der Waals surface area contributed by atoms with Crippen LogP contribution in [0.1, 0.15) is 5.56 Å². The topological polar surface area (TPSA) is 62.7 Å². The van der Waals surface area contributed by atoms with Crippen molar-refractivity contribution in [1.29, 1.82) is 5.26 Å². The Bertz CT molecular complexity index is 2340. The Morgan fingerprint density at radius 3 is 1.90 bits per heavy atom. The molecule has 3 heterocycles. The maximum atomic E-state index is 9.37. The van der Waals surface area contributed by atoms with Crippen LogP contribution in [0.4, 0.5) is 0 Å². The van der Waals surface area contributed by atoms with Crippen LogP contribution < -0.4 is 0 Å². The number of nitrogens with zero attached hydrogens (tertiary/aromatic N) is 3. The number of pyridine rings is 2. The van der Waals surface area contributed by atoms with Crippen molar-refractivity contribution in [2.75, 3.05) is 0 Å². The highest BCUT2D eigenvalue weighted by Gasteiger charge is 2.11. The van der Waals surface area contributed by atoms with Crippen LogP contribution in [-0.4, -0.2) is 9.97 Å². The second-order valence-corrected chi connectivity index (χ2v) is 10.2. The molecule has 3 aromatic heterocycles. The molecule has 41 heavy (non-hydrogen) atoms. The fraction of sp³-hybridized carbons (Fsp3) is 0. The van der Waals surface area contributed by atoms with Gasteiger partial charge in [-0.3, -0.25) is 9.97 Å². The Morgan fingerprint density at radius 2 is 1.15 bits per heavy atom. The van der Waals surface area contributed by atoms with Crippen LogP contribution in [0, 0.1) is 11.3 Å². The number of aromatic nitrogens is 2. The van der Waals surface area contributed by atoms with Gasteiger partial charge in [0.2, 0.25) is 0 Å². The van der Waals surface area contributed by atoms with Gasteiger partial charge in [-0.05, 0) is 82.4 Å². The van der Waals surface area contributed by atoms with Crippen molar-refractivity contribution >= 4 is 43.7 Å². The number of nitriles is 1. The summed E-state index contributed by atoms with van der Waals surface area (Å²) in [5.41, 5.74) is 10.7. The summed E-state index contributed by atoms with van der Waals surface area (Å²) in [5.74, 6) is 0. The second kappa shape index (κ2) is 9.15. The Kier molecular flexibility index (Phi) is 5.16. The van der Waals surface area contributed by atoms with E-state index in [-0.39, 0.29) is 0 Å². The number of rotatable bonds is 3. The van der Waals surface area contributed by atoms with Crippen LogP contribution in [0.25, 0.3) is 77.1 Å². The maximum absolute atomic E-state index is 9.37. The highest BCUT2D eigenvalue weighted by Crippen LogP contribution is 2.35. The Balaban J connectivity index is 1.18. The smallest absolute Gasteiger partial charge is 0.135 e. The summed E-state index contributed by atoms with van der Waals surface area (Å²) in [6.45, 7) is 0. The third-order valence-corrected chi connectivity index (χ3v) is 7.75. The average molecular weight is 524 g/mol. The van der Waals surface area contributed by atoms with Gasteiger partial charge >= 0.3 is 0 Å². The first-order valence-corrected chi connectivity index (χ1v) is 13.4. The highest BCUT2D eigenvalue weighted by molar-refractivity contribution is 6.07. The Hall–Kier alpha value is -5.79. The number of hydrogen-bond donors (Lipinski definition) is 0. The lowest BCUT2D eigenvalue weighted by molar-refractivity contribution is 0.669. The van der Waals surface area contributed by atoms with Crippen LogP contribution in [0.15, 0.2) is 132 Å². The summed E-state index contributed by atoms with van der Waals surface area (Å²) >= 11 is 0. The molecule has 0 N–H and O–H groups in total. The molecule has 0 atom stereocenters. The zero-order valence-corrected chi connectivity index (χ0v) is 21.9. The molecule has 190 valence electrons. The number of hydrogen-bond acceptors (Lipinski definition) is 4. The van der Waals surface area contributed by atoms with E-state index < -0.39 is 0 Å². The minimum Gasteiger partial charge on any atom is -0.456 e. The predicted molar refractivity (Wildman–Crippen MR) is 165 cm³/mol. The molecule has 0 unspecified atom stereocenters. The van der Waals surface area contributed by atoms with Crippen LogP contribution >= 0.6 is 0 Å².